The third-order valence-electron chi connectivity index (χ3n) is 2.93. The lowest BCUT2D eigenvalue weighted by Crippen LogP contribution is -2.32. The molecule has 0 saturated heterocycles. The van der Waals surface area contributed by atoms with Crippen molar-refractivity contribution < 1.29 is 14.6 Å². The van der Waals surface area contributed by atoms with E-state index >= 15 is 0 Å². The van der Waals surface area contributed by atoms with Crippen LogP contribution in [0.1, 0.15) is 19.8 Å². The van der Waals surface area contributed by atoms with Gasteiger partial charge in [0, 0.05) is 6.61 Å². The highest BCUT2D eigenvalue weighted by molar-refractivity contribution is 5.73. The summed E-state index contributed by atoms with van der Waals surface area (Å²) in [5.74, 6) is 0.206. The lowest BCUT2D eigenvalue weighted by atomic mass is 9.75. The molecule has 1 aliphatic rings. The van der Waals surface area contributed by atoms with Gasteiger partial charge < -0.3 is 9.84 Å². The topological polar surface area (TPSA) is 46.5 Å². The van der Waals surface area contributed by atoms with Crippen LogP contribution in [0.2, 0.25) is 0 Å². The van der Waals surface area contributed by atoms with Crippen LogP contribution in [0.5, 0.6) is 0 Å². The molecule has 0 radical (unpaired) electrons. The van der Waals surface area contributed by atoms with Crippen molar-refractivity contribution in [1.29, 1.82) is 0 Å². The number of carbonyl (C=O) groups excluding carboxylic acids is 1. The molecule has 0 heterocycles. The first kappa shape index (κ1) is 11.2. The maximum absolute atomic E-state index is 11.5. The van der Waals surface area contributed by atoms with Crippen LogP contribution in [0, 0.1) is 17.8 Å². The Bertz CT molecular complexity index is 223. The first-order valence-electron chi connectivity index (χ1n) is 5.06. The minimum absolute atomic E-state index is 0.0860. The fourth-order valence-electron chi connectivity index (χ4n) is 2.17. The van der Waals surface area contributed by atoms with Crippen molar-refractivity contribution >= 4 is 5.97 Å². The van der Waals surface area contributed by atoms with Crippen LogP contribution in [0.25, 0.3) is 0 Å². The molecule has 0 amide bonds. The lowest BCUT2D eigenvalue weighted by Gasteiger charge is -2.30. The van der Waals surface area contributed by atoms with Gasteiger partial charge in [-0.05, 0) is 24.7 Å². The normalized spacial score (nSPS) is 31.5. The zero-order valence-electron chi connectivity index (χ0n) is 8.77. The summed E-state index contributed by atoms with van der Waals surface area (Å²) in [7, 11) is 1.42. The maximum atomic E-state index is 11.5. The van der Waals surface area contributed by atoms with Gasteiger partial charge in [-0.1, -0.05) is 19.1 Å². The quantitative estimate of drug-likeness (QED) is 0.550. The van der Waals surface area contributed by atoms with Gasteiger partial charge in [0.2, 0.25) is 0 Å². The average Bonchev–Trinajstić information content (AvgIpc) is 2.18. The second-order valence-electron chi connectivity index (χ2n) is 3.84. The molecule has 3 heteroatoms. The molecule has 0 aromatic heterocycles. The van der Waals surface area contributed by atoms with Gasteiger partial charge >= 0.3 is 5.97 Å². The van der Waals surface area contributed by atoms with Crippen molar-refractivity contribution in [3.8, 4) is 0 Å². The molecule has 0 aromatic carbocycles. The molecule has 80 valence electrons. The van der Waals surface area contributed by atoms with Crippen LogP contribution in [0.15, 0.2) is 12.2 Å². The Morgan fingerprint density at radius 2 is 2.36 bits per heavy atom. The van der Waals surface area contributed by atoms with Crippen molar-refractivity contribution in [2.75, 3.05) is 13.7 Å². The zero-order valence-corrected chi connectivity index (χ0v) is 8.77. The Balaban J connectivity index is 2.72. The number of hydrogen-bond donors (Lipinski definition) is 1. The highest BCUT2D eigenvalue weighted by Gasteiger charge is 2.33. The molecule has 3 nitrogen and oxygen atoms in total. The third kappa shape index (κ3) is 2.35. The van der Waals surface area contributed by atoms with Gasteiger partial charge in [-0.3, -0.25) is 4.79 Å². The van der Waals surface area contributed by atoms with Gasteiger partial charge in [0.1, 0.15) is 0 Å². The molecule has 1 N–H and O–H groups in total. The Morgan fingerprint density at radius 1 is 1.64 bits per heavy atom. The average molecular weight is 198 g/mol. The molecule has 14 heavy (non-hydrogen) atoms. The van der Waals surface area contributed by atoms with Crippen LogP contribution < -0.4 is 0 Å². The largest absolute Gasteiger partial charge is 0.469 e. The molecule has 0 spiro atoms. The van der Waals surface area contributed by atoms with Crippen LogP contribution in [-0.2, 0) is 9.53 Å². The molecular formula is C11H18O3. The molecule has 0 fully saturated rings. The second-order valence-corrected chi connectivity index (χ2v) is 3.84. The molecule has 0 bridgehead atoms. The molecule has 0 aliphatic heterocycles. The van der Waals surface area contributed by atoms with E-state index in [1.807, 2.05) is 6.92 Å². The number of allylic oxidation sites excluding steroid dienone is 2. The highest BCUT2D eigenvalue weighted by Crippen LogP contribution is 2.33. The van der Waals surface area contributed by atoms with E-state index < -0.39 is 0 Å². The summed E-state index contributed by atoms with van der Waals surface area (Å²) in [4.78, 5) is 11.5. The second kappa shape index (κ2) is 5.15. The standard InChI is InChI=1S/C11H18O3/c1-8-4-3-5-9(6-7-12)10(8)11(13)14-2/h3-4,8-10,12H,5-7H2,1-2H3/t8-,9-,10-/m1/s1. The Kier molecular flexibility index (Phi) is 4.14. The maximum Gasteiger partial charge on any atom is 0.309 e. The van der Waals surface area contributed by atoms with E-state index in [-0.39, 0.29) is 30.3 Å². The molecular weight excluding hydrogens is 180 g/mol. The fraction of sp³-hybridized carbons (Fsp3) is 0.727. The van der Waals surface area contributed by atoms with Crippen molar-refractivity contribution in [1.82, 2.24) is 0 Å². The number of esters is 1. The molecule has 0 saturated carbocycles. The lowest BCUT2D eigenvalue weighted by molar-refractivity contribution is -0.149. The van der Waals surface area contributed by atoms with Gasteiger partial charge in [-0.15, -0.1) is 0 Å². The van der Waals surface area contributed by atoms with Crippen LogP contribution in [0.4, 0.5) is 0 Å². The molecule has 0 unspecified atom stereocenters. The van der Waals surface area contributed by atoms with Gasteiger partial charge in [-0.2, -0.15) is 0 Å². The number of carbonyl (C=O) groups is 1. The summed E-state index contributed by atoms with van der Waals surface area (Å²) in [5.41, 5.74) is 0. The van der Waals surface area contributed by atoms with Crippen molar-refractivity contribution in [2.24, 2.45) is 17.8 Å². The Hall–Kier alpha value is -0.830. The number of rotatable bonds is 3. The van der Waals surface area contributed by atoms with E-state index in [0.717, 1.165) is 6.42 Å². The minimum Gasteiger partial charge on any atom is -0.469 e. The van der Waals surface area contributed by atoms with Crippen molar-refractivity contribution in [3.05, 3.63) is 12.2 Å². The molecule has 1 aliphatic carbocycles. The van der Waals surface area contributed by atoms with Gasteiger partial charge in [0.15, 0.2) is 0 Å². The predicted molar refractivity (Wildman–Crippen MR) is 53.6 cm³/mol. The van der Waals surface area contributed by atoms with Crippen molar-refractivity contribution in [2.45, 2.75) is 19.8 Å². The molecule has 1 rings (SSSR count). The minimum atomic E-state index is -0.152. The van der Waals surface area contributed by atoms with E-state index in [1.165, 1.54) is 7.11 Å². The number of methoxy groups -OCH3 is 1. The number of aliphatic hydroxyl groups is 1. The molecule has 3 atom stereocenters. The summed E-state index contributed by atoms with van der Waals surface area (Å²) in [6, 6.07) is 0. The smallest absolute Gasteiger partial charge is 0.309 e. The number of hydrogen-bond acceptors (Lipinski definition) is 3. The van der Waals surface area contributed by atoms with E-state index in [2.05, 4.69) is 12.2 Å². The van der Waals surface area contributed by atoms with Crippen molar-refractivity contribution in [3.63, 3.8) is 0 Å². The summed E-state index contributed by atoms with van der Waals surface area (Å²) in [6.07, 6.45) is 5.68. The Labute approximate surface area is 84.8 Å². The number of aliphatic hydroxyl groups excluding tert-OH is 1. The van der Waals surface area contributed by atoms with Gasteiger partial charge in [-0.25, -0.2) is 0 Å². The van der Waals surface area contributed by atoms with E-state index in [9.17, 15) is 4.79 Å². The first-order valence-corrected chi connectivity index (χ1v) is 5.06. The highest BCUT2D eigenvalue weighted by atomic mass is 16.5. The fourth-order valence-corrected chi connectivity index (χ4v) is 2.17. The zero-order chi connectivity index (χ0) is 10.6. The Morgan fingerprint density at radius 3 is 2.93 bits per heavy atom. The summed E-state index contributed by atoms with van der Waals surface area (Å²) >= 11 is 0. The summed E-state index contributed by atoms with van der Waals surface area (Å²) in [6.45, 7) is 2.15. The third-order valence-corrected chi connectivity index (χ3v) is 2.93. The van der Waals surface area contributed by atoms with Crippen LogP contribution in [-0.4, -0.2) is 24.8 Å². The van der Waals surface area contributed by atoms with E-state index in [4.69, 9.17) is 9.84 Å². The van der Waals surface area contributed by atoms with Crippen LogP contribution >= 0.6 is 0 Å². The summed E-state index contributed by atoms with van der Waals surface area (Å²) in [5, 5.41) is 8.90. The van der Waals surface area contributed by atoms with Crippen LogP contribution in [0.3, 0.4) is 0 Å². The van der Waals surface area contributed by atoms with Gasteiger partial charge in [0.05, 0.1) is 13.0 Å². The van der Waals surface area contributed by atoms with E-state index in [1.54, 1.807) is 0 Å². The first-order chi connectivity index (χ1) is 6.70. The summed E-state index contributed by atoms with van der Waals surface area (Å²) < 4.78 is 4.78. The predicted octanol–water partition coefficient (Wildman–Crippen LogP) is 1.37. The number of ether oxygens (including phenoxy) is 1. The monoisotopic (exact) mass is 198 g/mol. The van der Waals surface area contributed by atoms with E-state index in [0.29, 0.717) is 6.42 Å². The molecule has 0 aromatic rings. The SMILES string of the molecule is COC(=O)[C@H]1[C@@H](CCO)CC=C[C@H]1C. The van der Waals surface area contributed by atoms with Gasteiger partial charge in [0.25, 0.3) is 0 Å².